The number of hydrogen-bond acceptors (Lipinski definition) is 4. The molecule has 0 amide bonds. The molecule has 1 aromatic rings. The first kappa shape index (κ1) is 24.3. The minimum atomic E-state index is -0.845. The minimum Gasteiger partial charge on any atom is -0.492 e. The van der Waals surface area contributed by atoms with Crippen molar-refractivity contribution in [3.8, 4) is 5.75 Å². The molecule has 0 saturated carbocycles. The van der Waals surface area contributed by atoms with E-state index in [1.807, 2.05) is 18.2 Å². The highest BCUT2D eigenvalue weighted by molar-refractivity contribution is 8.00. The highest BCUT2D eigenvalue weighted by atomic mass is 32.2. The van der Waals surface area contributed by atoms with Gasteiger partial charge in [0.25, 0.3) is 0 Å². The molecule has 1 unspecified atom stereocenters. The predicted molar refractivity (Wildman–Crippen MR) is 113 cm³/mol. The second-order valence-corrected chi connectivity index (χ2v) is 8.25. The van der Waals surface area contributed by atoms with Crippen molar-refractivity contribution in [3.63, 3.8) is 0 Å². The zero-order valence-electron chi connectivity index (χ0n) is 16.9. The number of carboxylic acid groups (broad SMARTS) is 2. The first-order valence-corrected chi connectivity index (χ1v) is 11.3. The molecule has 0 radical (unpaired) electrons. The number of hydrogen-bond donors (Lipinski definition) is 2. The molecule has 0 aliphatic heterocycles. The van der Waals surface area contributed by atoms with Crippen LogP contribution in [0.1, 0.15) is 77.6 Å². The van der Waals surface area contributed by atoms with Crippen LogP contribution in [0.2, 0.25) is 0 Å². The van der Waals surface area contributed by atoms with E-state index in [-0.39, 0.29) is 6.42 Å². The van der Waals surface area contributed by atoms with E-state index < -0.39 is 17.2 Å². The Morgan fingerprint density at radius 1 is 0.964 bits per heavy atom. The summed E-state index contributed by atoms with van der Waals surface area (Å²) in [7, 11) is 0. The third kappa shape index (κ3) is 11.2. The van der Waals surface area contributed by atoms with E-state index in [1.54, 1.807) is 6.07 Å². The van der Waals surface area contributed by atoms with Gasteiger partial charge in [-0.1, -0.05) is 70.4 Å². The van der Waals surface area contributed by atoms with E-state index in [2.05, 4.69) is 6.92 Å². The molecular formula is C22H34O5S. The summed E-state index contributed by atoms with van der Waals surface area (Å²) in [5.41, 5.74) is 0. The number of aliphatic carboxylic acids is 2. The second kappa shape index (κ2) is 15.3. The highest BCUT2D eigenvalue weighted by Gasteiger charge is 2.20. The van der Waals surface area contributed by atoms with Crippen LogP contribution in [-0.2, 0) is 9.59 Å². The standard InChI is InChI=1S/C22H34O5S/c1-2-3-4-5-6-7-8-9-15-20(22(25)26)28-19-14-11-10-13-18(19)27-17-12-16-21(23)24/h10-11,13-14,20H,2-9,12,15-17H2,1H3,(H,23,24)(H,25,26). The molecular weight excluding hydrogens is 376 g/mol. The van der Waals surface area contributed by atoms with Gasteiger partial charge in [-0.15, -0.1) is 11.8 Å². The van der Waals surface area contributed by atoms with Crippen LogP contribution in [0.15, 0.2) is 29.2 Å². The van der Waals surface area contributed by atoms with Crippen molar-refractivity contribution < 1.29 is 24.5 Å². The number of ether oxygens (including phenoxy) is 1. The van der Waals surface area contributed by atoms with E-state index in [4.69, 9.17) is 9.84 Å². The molecule has 1 aromatic carbocycles. The molecule has 5 nitrogen and oxygen atoms in total. The fourth-order valence-electron chi connectivity index (χ4n) is 2.92. The van der Waals surface area contributed by atoms with Gasteiger partial charge in [0.05, 0.1) is 11.5 Å². The van der Waals surface area contributed by atoms with Gasteiger partial charge in [0.15, 0.2) is 0 Å². The van der Waals surface area contributed by atoms with Gasteiger partial charge in [0.2, 0.25) is 0 Å². The topological polar surface area (TPSA) is 83.8 Å². The molecule has 0 aliphatic carbocycles. The highest BCUT2D eigenvalue weighted by Crippen LogP contribution is 2.34. The van der Waals surface area contributed by atoms with Crippen molar-refractivity contribution in [3.05, 3.63) is 24.3 Å². The van der Waals surface area contributed by atoms with Crippen molar-refractivity contribution in [1.29, 1.82) is 0 Å². The molecule has 0 saturated heterocycles. The van der Waals surface area contributed by atoms with E-state index in [9.17, 15) is 14.7 Å². The number of benzene rings is 1. The third-order valence-corrected chi connectivity index (χ3v) is 5.82. The third-order valence-electron chi connectivity index (χ3n) is 4.51. The van der Waals surface area contributed by atoms with Crippen LogP contribution in [0.4, 0.5) is 0 Å². The summed E-state index contributed by atoms with van der Waals surface area (Å²) in [4.78, 5) is 23.0. The Balaban J connectivity index is 2.42. The Kier molecular flexibility index (Phi) is 13.3. The number of para-hydroxylation sites is 1. The van der Waals surface area contributed by atoms with Crippen molar-refractivity contribution >= 4 is 23.7 Å². The second-order valence-electron chi connectivity index (χ2n) is 7.00. The summed E-state index contributed by atoms with van der Waals surface area (Å²) < 4.78 is 5.68. The number of carboxylic acids is 2. The Hall–Kier alpha value is -1.69. The summed E-state index contributed by atoms with van der Waals surface area (Å²) in [5, 5.41) is 17.8. The zero-order valence-corrected chi connectivity index (χ0v) is 17.7. The molecule has 1 rings (SSSR count). The lowest BCUT2D eigenvalue weighted by atomic mass is 10.1. The van der Waals surface area contributed by atoms with E-state index >= 15 is 0 Å². The van der Waals surface area contributed by atoms with Crippen LogP contribution in [0, 0.1) is 0 Å². The number of unbranched alkanes of at least 4 members (excludes halogenated alkanes) is 7. The molecule has 158 valence electrons. The van der Waals surface area contributed by atoms with Gasteiger partial charge in [-0.05, 0) is 25.0 Å². The average Bonchev–Trinajstić information content (AvgIpc) is 2.67. The van der Waals surface area contributed by atoms with Gasteiger partial charge in [0, 0.05) is 6.42 Å². The van der Waals surface area contributed by atoms with Crippen LogP contribution in [0.3, 0.4) is 0 Å². The van der Waals surface area contributed by atoms with Crippen LogP contribution in [0.5, 0.6) is 5.75 Å². The smallest absolute Gasteiger partial charge is 0.316 e. The fourth-order valence-corrected chi connectivity index (χ4v) is 4.01. The molecule has 0 spiro atoms. The lowest BCUT2D eigenvalue weighted by Crippen LogP contribution is -2.16. The Labute approximate surface area is 172 Å². The minimum absolute atomic E-state index is 0.0610. The first-order valence-electron chi connectivity index (χ1n) is 10.4. The maximum Gasteiger partial charge on any atom is 0.316 e. The van der Waals surface area contributed by atoms with Crippen molar-refractivity contribution in [2.24, 2.45) is 0 Å². The molecule has 0 bridgehead atoms. The normalized spacial score (nSPS) is 11.9. The predicted octanol–water partition coefficient (Wildman–Crippen LogP) is 6.01. The maximum absolute atomic E-state index is 11.7. The molecule has 0 aliphatic rings. The molecule has 0 fully saturated rings. The number of rotatable bonds is 17. The Morgan fingerprint density at radius 2 is 1.61 bits per heavy atom. The lowest BCUT2D eigenvalue weighted by Gasteiger charge is -2.15. The largest absolute Gasteiger partial charge is 0.492 e. The van der Waals surface area contributed by atoms with E-state index in [0.717, 1.165) is 17.7 Å². The quantitative estimate of drug-likeness (QED) is 0.242. The van der Waals surface area contributed by atoms with Gasteiger partial charge in [-0.25, -0.2) is 0 Å². The van der Waals surface area contributed by atoms with Crippen molar-refractivity contribution in [2.75, 3.05) is 6.61 Å². The van der Waals surface area contributed by atoms with Gasteiger partial charge in [-0.3, -0.25) is 9.59 Å². The van der Waals surface area contributed by atoms with Crippen molar-refractivity contribution in [1.82, 2.24) is 0 Å². The molecule has 28 heavy (non-hydrogen) atoms. The molecule has 1 atom stereocenters. The molecule has 0 aromatic heterocycles. The summed E-state index contributed by atoms with van der Waals surface area (Å²) in [5.74, 6) is -1.02. The van der Waals surface area contributed by atoms with Crippen LogP contribution in [0.25, 0.3) is 0 Å². The summed E-state index contributed by atoms with van der Waals surface area (Å²) >= 11 is 1.32. The summed E-state index contributed by atoms with van der Waals surface area (Å²) in [6.45, 7) is 2.52. The van der Waals surface area contributed by atoms with E-state index in [1.165, 1.54) is 50.3 Å². The maximum atomic E-state index is 11.7. The van der Waals surface area contributed by atoms with Crippen molar-refractivity contribution in [2.45, 2.75) is 87.7 Å². The van der Waals surface area contributed by atoms with Gasteiger partial charge in [0.1, 0.15) is 11.0 Å². The zero-order chi connectivity index (χ0) is 20.6. The fraction of sp³-hybridized carbons (Fsp3) is 0.636. The Bertz CT molecular complexity index is 576. The average molecular weight is 411 g/mol. The van der Waals surface area contributed by atoms with Crippen LogP contribution >= 0.6 is 11.8 Å². The molecule has 6 heteroatoms. The monoisotopic (exact) mass is 410 g/mol. The van der Waals surface area contributed by atoms with Gasteiger partial charge >= 0.3 is 11.9 Å². The van der Waals surface area contributed by atoms with Crippen LogP contribution < -0.4 is 4.74 Å². The SMILES string of the molecule is CCCCCCCCCCC(Sc1ccccc1OCCCC(=O)O)C(=O)O. The molecule has 2 N–H and O–H groups in total. The van der Waals surface area contributed by atoms with Crippen LogP contribution in [-0.4, -0.2) is 34.0 Å². The molecule has 0 heterocycles. The summed E-state index contributed by atoms with van der Waals surface area (Å²) in [6.07, 6.45) is 10.6. The van der Waals surface area contributed by atoms with E-state index in [0.29, 0.717) is 25.2 Å². The number of thioether (sulfide) groups is 1. The lowest BCUT2D eigenvalue weighted by molar-refractivity contribution is -0.138. The Morgan fingerprint density at radius 3 is 2.25 bits per heavy atom. The van der Waals surface area contributed by atoms with Gasteiger partial charge in [-0.2, -0.15) is 0 Å². The first-order chi connectivity index (χ1) is 13.5. The van der Waals surface area contributed by atoms with Gasteiger partial charge < -0.3 is 14.9 Å². The summed E-state index contributed by atoms with van der Waals surface area (Å²) in [6, 6.07) is 7.37. The number of carbonyl (C=O) groups is 2.